The second kappa shape index (κ2) is 4.99. The fourth-order valence-electron chi connectivity index (χ4n) is 1.43. The highest BCUT2D eigenvalue weighted by molar-refractivity contribution is 5.72. The molecule has 2 rings (SSSR count). The van der Waals surface area contributed by atoms with Crippen LogP contribution in [0.25, 0.3) is 0 Å². The average molecular weight is 209 g/mol. The molecule has 0 aliphatic heterocycles. The van der Waals surface area contributed by atoms with Crippen LogP contribution in [0.5, 0.6) is 0 Å². The van der Waals surface area contributed by atoms with Crippen LogP contribution in [0.1, 0.15) is 16.1 Å². The smallest absolute Gasteiger partial charge is 0.166 e. The Morgan fingerprint density at radius 1 is 1.12 bits per heavy atom. The molecule has 0 radical (unpaired) electrons. The maximum atomic E-state index is 10.7. The number of nitrogens with zero attached hydrogens (tertiary/aromatic N) is 1. The lowest BCUT2D eigenvalue weighted by molar-refractivity contribution is 0.111. The topological polar surface area (TPSA) is 22.0 Å². The lowest BCUT2D eigenvalue weighted by atomic mass is 10.2. The van der Waals surface area contributed by atoms with E-state index in [0.29, 0.717) is 12.2 Å². The Kier molecular flexibility index (Phi) is 3.20. The van der Waals surface area contributed by atoms with Gasteiger partial charge in [-0.2, -0.15) is 0 Å². The van der Waals surface area contributed by atoms with Gasteiger partial charge in [-0.05, 0) is 24.3 Å². The van der Waals surface area contributed by atoms with Crippen LogP contribution < -0.4 is 0 Å². The Hall–Kier alpha value is -2.27. The van der Waals surface area contributed by atoms with E-state index in [0.717, 1.165) is 11.8 Å². The van der Waals surface area contributed by atoms with Crippen molar-refractivity contribution in [3.8, 4) is 11.8 Å². The number of hydrogen-bond donors (Lipinski definition) is 0. The summed E-state index contributed by atoms with van der Waals surface area (Å²) in [6.07, 6.45) is 2.69. The first-order valence-electron chi connectivity index (χ1n) is 5.04. The molecule has 0 aliphatic carbocycles. The van der Waals surface area contributed by atoms with Gasteiger partial charge in [0.1, 0.15) is 0 Å². The molecule has 2 heteroatoms. The van der Waals surface area contributed by atoms with Crippen molar-refractivity contribution in [3.05, 3.63) is 59.9 Å². The van der Waals surface area contributed by atoms with Crippen molar-refractivity contribution in [3.63, 3.8) is 0 Å². The summed E-state index contributed by atoms with van der Waals surface area (Å²) in [4.78, 5) is 10.7. The highest BCUT2D eigenvalue weighted by Gasteiger charge is 1.95. The fourth-order valence-corrected chi connectivity index (χ4v) is 1.43. The van der Waals surface area contributed by atoms with Crippen LogP contribution in [0.4, 0.5) is 0 Å². The summed E-state index contributed by atoms with van der Waals surface area (Å²) in [6, 6.07) is 13.4. The second-order valence-electron chi connectivity index (χ2n) is 3.35. The summed E-state index contributed by atoms with van der Waals surface area (Å²) < 4.78 is 1.82. The molecule has 0 N–H and O–H groups in total. The number of hydrogen-bond acceptors (Lipinski definition) is 1. The monoisotopic (exact) mass is 209 g/mol. The number of carbonyl (C=O) groups is 1. The van der Waals surface area contributed by atoms with Crippen LogP contribution in [-0.4, -0.2) is 10.9 Å². The summed E-state index contributed by atoms with van der Waals surface area (Å²) in [6.45, 7) is 0.538. The van der Waals surface area contributed by atoms with Gasteiger partial charge in [0.05, 0.1) is 12.2 Å². The minimum atomic E-state index is 0.538. The van der Waals surface area contributed by atoms with Crippen molar-refractivity contribution in [1.82, 2.24) is 4.57 Å². The van der Waals surface area contributed by atoms with Crippen molar-refractivity contribution in [2.45, 2.75) is 6.54 Å². The molecule has 1 heterocycles. The van der Waals surface area contributed by atoms with Crippen molar-refractivity contribution >= 4 is 6.29 Å². The summed E-state index contributed by atoms with van der Waals surface area (Å²) in [5.41, 5.74) is 1.64. The number of benzene rings is 1. The van der Waals surface area contributed by atoms with Crippen molar-refractivity contribution in [2.75, 3.05) is 0 Å². The van der Waals surface area contributed by atoms with Crippen molar-refractivity contribution in [2.24, 2.45) is 0 Å². The van der Waals surface area contributed by atoms with E-state index in [2.05, 4.69) is 11.8 Å². The van der Waals surface area contributed by atoms with Crippen LogP contribution in [0.3, 0.4) is 0 Å². The Labute approximate surface area is 94.5 Å². The largest absolute Gasteiger partial charge is 0.334 e. The molecule has 1 aromatic carbocycles. The van der Waals surface area contributed by atoms with Gasteiger partial charge in [-0.25, -0.2) is 0 Å². The summed E-state index contributed by atoms with van der Waals surface area (Å²) in [5, 5.41) is 0. The maximum absolute atomic E-state index is 10.7. The molecule has 0 aliphatic rings. The van der Waals surface area contributed by atoms with E-state index in [1.165, 1.54) is 0 Å². The first-order valence-corrected chi connectivity index (χ1v) is 5.04. The second-order valence-corrected chi connectivity index (χ2v) is 3.35. The van der Waals surface area contributed by atoms with Gasteiger partial charge in [0.15, 0.2) is 6.29 Å². The van der Waals surface area contributed by atoms with Gasteiger partial charge in [0.25, 0.3) is 0 Å². The van der Waals surface area contributed by atoms with E-state index in [-0.39, 0.29) is 0 Å². The molecule has 2 nitrogen and oxygen atoms in total. The molecular weight excluding hydrogens is 198 g/mol. The van der Waals surface area contributed by atoms with Gasteiger partial charge in [-0.15, -0.1) is 0 Å². The standard InChI is InChI=1S/C14H11NO/c16-12-14-9-5-11-15(14)10-4-8-13-6-2-1-3-7-13/h1-3,5-7,9,11-12H,10H2. The van der Waals surface area contributed by atoms with Gasteiger partial charge in [-0.3, -0.25) is 4.79 Å². The Balaban J connectivity index is 2.08. The molecule has 78 valence electrons. The van der Waals surface area contributed by atoms with Crippen LogP contribution in [-0.2, 0) is 6.54 Å². The third kappa shape index (κ3) is 2.40. The molecule has 16 heavy (non-hydrogen) atoms. The summed E-state index contributed by atoms with van der Waals surface area (Å²) in [5.74, 6) is 6.08. The molecule has 0 amide bonds. The van der Waals surface area contributed by atoms with Crippen LogP contribution in [0, 0.1) is 11.8 Å². The Morgan fingerprint density at radius 2 is 1.94 bits per heavy atom. The number of aromatic nitrogens is 1. The van der Waals surface area contributed by atoms with Gasteiger partial charge < -0.3 is 4.57 Å². The number of rotatable bonds is 2. The summed E-state index contributed by atoms with van der Waals surface area (Å²) in [7, 11) is 0. The zero-order chi connectivity index (χ0) is 11.2. The predicted molar refractivity (Wildman–Crippen MR) is 63.1 cm³/mol. The first-order chi connectivity index (χ1) is 7.90. The zero-order valence-corrected chi connectivity index (χ0v) is 8.76. The number of carbonyl (C=O) groups excluding carboxylic acids is 1. The minimum absolute atomic E-state index is 0.538. The third-order valence-electron chi connectivity index (χ3n) is 2.24. The highest BCUT2D eigenvalue weighted by atomic mass is 16.1. The first kappa shape index (κ1) is 10.3. The summed E-state index contributed by atoms with van der Waals surface area (Å²) >= 11 is 0. The molecule has 1 aromatic heterocycles. The van der Waals surface area contributed by atoms with E-state index in [1.807, 2.05) is 47.2 Å². The highest BCUT2D eigenvalue weighted by Crippen LogP contribution is 1.99. The molecule has 0 unspecified atom stereocenters. The molecule has 2 aromatic rings. The van der Waals surface area contributed by atoms with E-state index in [9.17, 15) is 4.79 Å². The van der Waals surface area contributed by atoms with Crippen molar-refractivity contribution < 1.29 is 4.79 Å². The molecule has 0 fully saturated rings. The van der Waals surface area contributed by atoms with Crippen LogP contribution >= 0.6 is 0 Å². The lowest BCUT2D eigenvalue weighted by Crippen LogP contribution is -1.98. The van der Waals surface area contributed by atoms with Gasteiger partial charge in [0, 0.05) is 11.8 Å². The molecule has 0 spiro atoms. The normalized spacial score (nSPS) is 9.25. The maximum Gasteiger partial charge on any atom is 0.166 e. The van der Waals surface area contributed by atoms with E-state index < -0.39 is 0 Å². The molecule has 0 bridgehead atoms. The van der Waals surface area contributed by atoms with E-state index in [4.69, 9.17) is 0 Å². The molecule has 0 saturated heterocycles. The van der Waals surface area contributed by atoms with Crippen LogP contribution in [0.2, 0.25) is 0 Å². The fraction of sp³-hybridized carbons (Fsp3) is 0.0714. The lowest BCUT2D eigenvalue weighted by Gasteiger charge is -1.97. The van der Waals surface area contributed by atoms with E-state index in [1.54, 1.807) is 6.07 Å². The third-order valence-corrected chi connectivity index (χ3v) is 2.24. The minimum Gasteiger partial charge on any atom is -0.334 e. The SMILES string of the molecule is O=Cc1cccn1CC#Cc1ccccc1. The van der Waals surface area contributed by atoms with Gasteiger partial charge >= 0.3 is 0 Å². The predicted octanol–water partition coefficient (Wildman–Crippen LogP) is 2.35. The quantitative estimate of drug-likeness (QED) is 0.549. The molecule has 0 atom stereocenters. The average Bonchev–Trinajstić information content (AvgIpc) is 2.78. The Bertz CT molecular complexity index is 529. The van der Waals surface area contributed by atoms with Crippen LogP contribution in [0.15, 0.2) is 48.7 Å². The van der Waals surface area contributed by atoms with E-state index >= 15 is 0 Å². The Morgan fingerprint density at radius 3 is 2.69 bits per heavy atom. The van der Waals surface area contributed by atoms with Gasteiger partial charge in [0.2, 0.25) is 0 Å². The zero-order valence-electron chi connectivity index (χ0n) is 8.76. The molecular formula is C14H11NO. The number of aldehydes is 1. The van der Waals surface area contributed by atoms with Gasteiger partial charge in [-0.1, -0.05) is 30.0 Å². The molecule has 0 saturated carbocycles. The van der Waals surface area contributed by atoms with Crippen molar-refractivity contribution in [1.29, 1.82) is 0 Å².